The van der Waals surface area contributed by atoms with Gasteiger partial charge in [-0.1, -0.05) is 6.55 Å². The second kappa shape index (κ2) is 2.42. The third-order valence-electron chi connectivity index (χ3n) is 0.632. The Bertz CT molecular complexity index is 20.9. The van der Waals surface area contributed by atoms with Crippen LogP contribution in [0.3, 0.4) is 0 Å². The summed E-state index contributed by atoms with van der Waals surface area (Å²) in [4.78, 5) is 0. The van der Waals surface area contributed by atoms with Gasteiger partial charge in [0.2, 0.25) is 0 Å². The molecule has 1 nitrogen and oxygen atoms in total. The molecule has 0 N–H and O–H groups in total. The highest BCUT2D eigenvalue weighted by molar-refractivity contribution is 6.29. The minimum Gasteiger partial charge on any atom is -0.335 e. The standard InChI is InChI=1S/C3H11NSi/c1-4(2)5-3/h5H2,1-3H3. The van der Waals surface area contributed by atoms with Gasteiger partial charge in [0, 0.05) is 0 Å². The van der Waals surface area contributed by atoms with Crippen molar-refractivity contribution in [1.82, 2.24) is 4.57 Å². The van der Waals surface area contributed by atoms with E-state index in [0.717, 1.165) is 0 Å². The van der Waals surface area contributed by atoms with Gasteiger partial charge in [-0.2, -0.15) is 0 Å². The van der Waals surface area contributed by atoms with E-state index in [0.29, 0.717) is 0 Å². The van der Waals surface area contributed by atoms with E-state index in [-0.39, 0.29) is 9.68 Å². The van der Waals surface area contributed by atoms with Crippen LogP contribution in [0.15, 0.2) is 0 Å². The smallest absolute Gasteiger partial charge is 0.0913 e. The van der Waals surface area contributed by atoms with E-state index in [1.165, 1.54) is 0 Å². The van der Waals surface area contributed by atoms with Crippen LogP contribution < -0.4 is 0 Å². The molecule has 0 aliphatic heterocycles. The zero-order valence-corrected chi connectivity index (χ0v) is 5.57. The Balaban J connectivity index is 2.54. The molecule has 0 radical (unpaired) electrons. The van der Waals surface area contributed by atoms with Crippen LogP contribution in [0.4, 0.5) is 0 Å². The topological polar surface area (TPSA) is 3.24 Å². The second-order valence-electron chi connectivity index (χ2n) is 1.40. The average Bonchev–Trinajstić information content (AvgIpc) is 1.38. The van der Waals surface area contributed by atoms with Crippen molar-refractivity contribution in [3.63, 3.8) is 0 Å². The Morgan fingerprint density at radius 1 is 1.40 bits per heavy atom. The van der Waals surface area contributed by atoms with Gasteiger partial charge in [-0.3, -0.25) is 0 Å². The summed E-state index contributed by atoms with van der Waals surface area (Å²) < 4.78 is 2.26. The Morgan fingerprint density at radius 3 is 1.60 bits per heavy atom. The fourth-order valence-electron chi connectivity index (χ4n) is 0. The van der Waals surface area contributed by atoms with Crippen LogP contribution in [0, 0.1) is 0 Å². The summed E-state index contributed by atoms with van der Waals surface area (Å²) in [6, 6.07) is 0. The first-order chi connectivity index (χ1) is 2.27. The van der Waals surface area contributed by atoms with Gasteiger partial charge in [0.15, 0.2) is 0 Å². The summed E-state index contributed by atoms with van der Waals surface area (Å²) in [7, 11) is 4.42. The molecule has 0 atom stereocenters. The molecule has 0 unspecified atom stereocenters. The third kappa shape index (κ3) is 4.18. The first-order valence-corrected chi connectivity index (χ1v) is 3.96. The van der Waals surface area contributed by atoms with Crippen molar-refractivity contribution in [2.45, 2.75) is 6.55 Å². The second-order valence-corrected chi connectivity index (χ2v) is 3.29. The zero-order chi connectivity index (χ0) is 4.28. The minimum atomic E-state index is 0.182. The van der Waals surface area contributed by atoms with Crippen molar-refractivity contribution >= 4 is 9.68 Å². The fourth-order valence-corrected chi connectivity index (χ4v) is 0. The number of rotatable bonds is 1. The lowest BCUT2D eigenvalue weighted by atomic mass is 11.3. The Kier molecular flexibility index (Phi) is 2.50. The quantitative estimate of drug-likeness (QED) is 0.398. The van der Waals surface area contributed by atoms with Crippen molar-refractivity contribution in [2.75, 3.05) is 14.1 Å². The Morgan fingerprint density at radius 2 is 1.60 bits per heavy atom. The molecule has 5 heavy (non-hydrogen) atoms. The van der Waals surface area contributed by atoms with Gasteiger partial charge < -0.3 is 4.57 Å². The lowest BCUT2D eigenvalue weighted by molar-refractivity contribution is 0.665. The van der Waals surface area contributed by atoms with Crippen molar-refractivity contribution in [2.24, 2.45) is 0 Å². The van der Waals surface area contributed by atoms with Crippen molar-refractivity contribution in [3.8, 4) is 0 Å². The fraction of sp³-hybridized carbons (Fsp3) is 1.00. The molecule has 0 aliphatic carbocycles. The van der Waals surface area contributed by atoms with Crippen molar-refractivity contribution in [3.05, 3.63) is 0 Å². The van der Waals surface area contributed by atoms with Gasteiger partial charge in [0.05, 0.1) is 9.68 Å². The van der Waals surface area contributed by atoms with Crippen LogP contribution in [0.25, 0.3) is 0 Å². The Hall–Kier alpha value is 0.177. The van der Waals surface area contributed by atoms with E-state index in [1.807, 2.05) is 0 Å². The first kappa shape index (κ1) is 5.18. The predicted molar refractivity (Wildman–Crippen MR) is 28.1 cm³/mol. The zero-order valence-electron chi connectivity index (χ0n) is 4.15. The van der Waals surface area contributed by atoms with E-state index in [4.69, 9.17) is 0 Å². The van der Waals surface area contributed by atoms with Crippen LogP contribution in [-0.4, -0.2) is 28.3 Å². The van der Waals surface area contributed by atoms with Crippen LogP contribution in [0.5, 0.6) is 0 Å². The van der Waals surface area contributed by atoms with E-state index < -0.39 is 0 Å². The van der Waals surface area contributed by atoms with Crippen LogP contribution in [-0.2, 0) is 0 Å². The largest absolute Gasteiger partial charge is 0.335 e. The Labute approximate surface area is 35.9 Å². The molecule has 0 fully saturated rings. The summed E-state index contributed by atoms with van der Waals surface area (Å²) in [6.45, 7) is 2.26. The average molecular weight is 89.2 g/mol. The van der Waals surface area contributed by atoms with Gasteiger partial charge in [-0.05, 0) is 14.1 Å². The summed E-state index contributed by atoms with van der Waals surface area (Å²) in [5.74, 6) is 0. The third-order valence-corrected chi connectivity index (χ3v) is 1.90. The molecular weight excluding hydrogens is 78.1 g/mol. The molecule has 0 heterocycles. The molecule has 0 aromatic carbocycles. The molecule has 0 aliphatic rings. The highest BCUT2D eigenvalue weighted by atomic mass is 28.2. The molecule has 0 aromatic heterocycles. The highest BCUT2D eigenvalue weighted by Crippen LogP contribution is 1.60. The molecule has 0 amide bonds. The number of nitrogens with zero attached hydrogens (tertiary/aromatic N) is 1. The normalized spacial score (nSPS) is 12.0. The SMILES string of the molecule is C[SiH2]N(C)C. The molecule has 0 bridgehead atoms. The molecular formula is C3H11NSi. The van der Waals surface area contributed by atoms with E-state index in [2.05, 4.69) is 25.2 Å². The molecule has 0 saturated carbocycles. The number of hydrogen-bond donors (Lipinski definition) is 0. The highest BCUT2D eigenvalue weighted by Gasteiger charge is 1.73. The maximum atomic E-state index is 2.26. The first-order valence-electron chi connectivity index (χ1n) is 1.92. The molecule has 0 saturated heterocycles. The van der Waals surface area contributed by atoms with Crippen molar-refractivity contribution in [1.29, 1.82) is 0 Å². The van der Waals surface area contributed by atoms with E-state index in [9.17, 15) is 0 Å². The minimum absolute atomic E-state index is 0.182. The molecule has 32 valence electrons. The van der Waals surface area contributed by atoms with Crippen LogP contribution in [0.2, 0.25) is 6.55 Å². The van der Waals surface area contributed by atoms with Gasteiger partial charge in [0.25, 0.3) is 0 Å². The van der Waals surface area contributed by atoms with E-state index >= 15 is 0 Å². The summed E-state index contributed by atoms with van der Waals surface area (Å²) >= 11 is 0. The van der Waals surface area contributed by atoms with Crippen LogP contribution >= 0.6 is 0 Å². The lowest BCUT2D eigenvalue weighted by Crippen LogP contribution is -2.12. The number of hydrogen-bond acceptors (Lipinski definition) is 1. The van der Waals surface area contributed by atoms with E-state index in [1.54, 1.807) is 0 Å². The van der Waals surface area contributed by atoms with Gasteiger partial charge >= 0.3 is 0 Å². The maximum Gasteiger partial charge on any atom is 0.0913 e. The molecule has 2 heteroatoms. The maximum absolute atomic E-state index is 2.26. The summed E-state index contributed by atoms with van der Waals surface area (Å²) in [6.07, 6.45) is 0. The van der Waals surface area contributed by atoms with Gasteiger partial charge in [0.1, 0.15) is 0 Å². The van der Waals surface area contributed by atoms with Crippen molar-refractivity contribution < 1.29 is 0 Å². The predicted octanol–water partition coefficient (Wildman–Crippen LogP) is -0.320. The molecule has 0 rings (SSSR count). The summed E-state index contributed by atoms with van der Waals surface area (Å²) in [5.41, 5.74) is 0. The van der Waals surface area contributed by atoms with Gasteiger partial charge in [-0.15, -0.1) is 0 Å². The summed E-state index contributed by atoms with van der Waals surface area (Å²) in [5, 5.41) is 0. The monoisotopic (exact) mass is 89.1 g/mol. The lowest BCUT2D eigenvalue weighted by Gasteiger charge is -1.99. The van der Waals surface area contributed by atoms with Gasteiger partial charge in [-0.25, -0.2) is 0 Å². The van der Waals surface area contributed by atoms with Crippen LogP contribution in [0.1, 0.15) is 0 Å². The molecule has 0 aromatic rings. The molecule has 0 spiro atoms.